The van der Waals surface area contributed by atoms with Gasteiger partial charge in [-0.25, -0.2) is 0 Å². The SMILES string of the molecule is CCN(C(=O)c1cccc(NC(=O)C(C)Oc2ccc(Cl)cc2Br)c1)c1ccccc1. The van der Waals surface area contributed by atoms with Crippen molar-refractivity contribution in [3.05, 3.63) is 87.9 Å². The Labute approximate surface area is 195 Å². The molecule has 5 nitrogen and oxygen atoms in total. The fourth-order valence-electron chi connectivity index (χ4n) is 3.00. The van der Waals surface area contributed by atoms with E-state index in [0.717, 1.165) is 5.69 Å². The summed E-state index contributed by atoms with van der Waals surface area (Å²) >= 11 is 9.31. The lowest BCUT2D eigenvalue weighted by molar-refractivity contribution is -0.122. The van der Waals surface area contributed by atoms with Crippen molar-refractivity contribution in [2.75, 3.05) is 16.8 Å². The van der Waals surface area contributed by atoms with Crippen LogP contribution in [0.1, 0.15) is 24.2 Å². The number of hydrogen-bond acceptors (Lipinski definition) is 3. The first kappa shape index (κ1) is 22.8. The van der Waals surface area contributed by atoms with E-state index in [1.165, 1.54) is 0 Å². The van der Waals surface area contributed by atoms with Crippen LogP contribution in [0.4, 0.5) is 11.4 Å². The summed E-state index contributed by atoms with van der Waals surface area (Å²) in [5, 5.41) is 3.37. The fraction of sp³-hybridized carbons (Fsp3) is 0.167. The summed E-state index contributed by atoms with van der Waals surface area (Å²) in [7, 11) is 0. The van der Waals surface area contributed by atoms with E-state index in [9.17, 15) is 9.59 Å². The van der Waals surface area contributed by atoms with Crippen LogP contribution in [-0.2, 0) is 4.79 Å². The molecule has 0 aliphatic carbocycles. The molecule has 0 bridgehead atoms. The van der Waals surface area contributed by atoms with Crippen LogP contribution in [0.2, 0.25) is 5.02 Å². The Morgan fingerprint density at radius 2 is 1.81 bits per heavy atom. The van der Waals surface area contributed by atoms with Crippen LogP contribution in [0.15, 0.2) is 77.3 Å². The predicted molar refractivity (Wildman–Crippen MR) is 128 cm³/mol. The van der Waals surface area contributed by atoms with Gasteiger partial charge in [0.2, 0.25) is 0 Å². The van der Waals surface area contributed by atoms with Gasteiger partial charge in [-0.2, -0.15) is 0 Å². The van der Waals surface area contributed by atoms with E-state index >= 15 is 0 Å². The molecule has 2 amide bonds. The molecule has 7 heteroatoms. The Hall–Kier alpha value is -2.83. The average molecular weight is 502 g/mol. The van der Waals surface area contributed by atoms with Crippen molar-refractivity contribution in [2.24, 2.45) is 0 Å². The highest BCUT2D eigenvalue weighted by atomic mass is 79.9. The molecule has 0 saturated heterocycles. The Morgan fingerprint density at radius 3 is 2.48 bits per heavy atom. The molecule has 0 fully saturated rings. The largest absolute Gasteiger partial charge is 0.480 e. The number of amides is 2. The van der Waals surface area contributed by atoms with E-state index in [2.05, 4.69) is 21.2 Å². The number of benzene rings is 3. The minimum Gasteiger partial charge on any atom is -0.480 e. The van der Waals surface area contributed by atoms with Crippen LogP contribution in [0.25, 0.3) is 0 Å². The van der Waals surface area contributed by atoms with Crippen molar-refractivity contribution in [1.82, 2.24) is 0 Å². The highest BCUT2D eigenvalue weighted by molar-refractivity contribution is 9.10. The van der Waals surface area contributed by atoms with Gasteiger partial charge < -0.3 is 15.0 Å². The molecule has 0 heterocycles. The fourth-order valence-corrected chi connectivity index (χ4v) is 3.77. The number of carbonyl (C=O) groups is 2. The molecule has 0 aromatic heterocycles. The van der Waals surface area contributed by atoms with Crippen LogP contribution < -0.4 is 15.0 Å². The molecule has 0 spiro atoms. The van der Waals surface area contributed by atoms with E-state index in [1.54, 1.807) is 54.3 Å². The second kappa shape index (κ2) is 10.5. The summed E-state index contributed by atoms with van der Waals surface area (Å²) in [5.41, 5.74) is 1.82. The Morgan fingerprint density at radius 1 is 1.06 bits per heavy atom. The van der Waals surface area contributed by atoms with Gasteiger partial charge in [-0.1, -0.05) is 35.9 Å². The Balaban J connectivity index is 1.70. The van der Waals surface area contributed by atoms with Gasteiger partial charge >= 0.3 is 0 Å². The highest BCUT2D eigenvalue weighted by Gasteiger charge is 2.19. The summed E-state index contributed by atoms with van der Waals surface area (Å²) in [5.74, 6) is 0.0403. The third kappa shape index (κ3) is 5.87. The molecule has 31 heavy (non-hydrogen) atoms. The number of halogens is 2. The summed E-state index contributed by atoms with van der Waals surface area (Å²) in [6.07, 6.45) is -0.756. The number of carbonyl (C=O) groups excluding carboxylic acids is 2. The molecule has 0 saturated carbocycles. The molecule has 0 radical (unpaired) electrons. The van der Waals surface area contributed by atoms with E-state index in [-0.39, 0.29) is 11.8 Å². The quantitative estimate of drug-likeness (QED) is 0.421. The molecule has 1 atom stereocenters. The van der Waals surface area contributed by atoms with Gasteiger partial charge in [-0.05, 0) is 78.3 Å². The molecule has 0 aliphatic heterocycles. The predicted octanol–water partition coefficient (Wildman–Crippen LogP) is 6.18. The van der Waals surface area contributed by atoms with Crippen molar-refractivity contribution in [3.8, 4) is 5.75 Å². The number of para-hydroxylation sites is 1. The number of anilines is 2. The number of hydrogen-bond donors (Lipinski definition) is 1. The van der Waals surface area contributed by atoms with Crippen LogP contribution in [0, 0.1) is 0 Å². The van der Waals surface area contributed by atoms with Gasteiger partial charge in [0.15, 0.2) is 6.10 Å². The number of nitrogens with one attached hydrogen (secondary N) is 1. The Kier molecular flexibility index (Phi) is 7.71. The molecule has 160 valence electrons. The standard InChI is InChI=1S/C24H22BrClN2O3/c1-3-28(20-10-5-4-6-11-20)24(30)17-8-7-9-19(14-17)27-23(29)16(2)31-22-13-12-18(26)15-21(22)25/h4-16H,3H2,1-2H3,(H,27,29). The van der Waals surface area contributed by atoms with Gasteiger partial charge in [0.25, 0.3) is 11.8 Å². The van der Waals surface area contributed by atoms with Gasteiger partial charge in [0, 0.05) is 28.5 Å². The number of ether oxygens (including phenoxy) is 1. The number of rotatable bonds is 7. The smallest absolute Gasteiger partial charge is 0.265 e. The summed E-state index contributed by atoms with van der Waals surface area (Å²) < 4.78 is 6.39. The van der Waals surface area contributed by atoms with Gasteiger partial charge in [-0.15, -0.1) is 0 Å². The lowest BCUT2D eigenvalue weighted by Gasteiger charge is -2.21. The Bertz CT molecular complexity index is 1080. The summed E-state index contributed by atoms with van der Waals surface area (Å²) in [4.78, 5) is 27.3. The van der Waals surface area contributed by atoms with Gasteiger partial charge in [-0.3, -0.25) is 9.59 Å². The maximum atomic E-state index is 13.0. The maximum absolute atomic E-state index is 13.0. The second-order valence-electron chi connectivity index (χ2n) is 6.79. The molecule has 3 aromatic rings. The second-order valence-corrected chi connectivity index (χ2v) is 8.08. The summed E-state index contributed by atoms with van der Waals surface area (Å²) in [6, 6.07) is 21.4. The third-order valence-electron chi connectivity index (χ3n) is 4.57. The van der Waals surface area contributed by atoms with Gasteiger partial charge in [0.05, 0.1) is 4.47 Å². The van der Waals surface area contributed by atoms with E-state index in [0.29, 0.717) is 33.0 Å². The van der Waals surface area contributed by atoms with E-state index in [1.807, 2.05) is 37.3 Å². The maximum Gasteiger partial charge on any atom is 0.265 e. The van der Waals surface area contributed by atoms with Crippen molar-refractivity contribution >= 4 is 50.7 Å². The summed E-state index contributed by atoms with van der Waals surface area (Å²) in [6.45, 7) is 4.10. The molecular weight excluding hydrogens is 480 g/mol. The highest BCUT2D eigenvalue weighted by Crippen LogP contribution is 2.29. The van der Waals surface area contributed by atoms with Crippen molar-refractivity contribution in [1.29, 1.82) is 0 Å². The molecule has 1 N–H and O–H groups in total. The lowest BCUT2D eigenvalue weighted by Crippen LogP contribution is -2.31. The van der Waals surface area contributed by atoms with Crippen LogP contribution in [0.3, 0.4) is 0 Å². The zero-order valence-electron chi connectivity index (χ0n) is 17.1. The van der Waals surface area contributed by atoms with Crippen LogP contribution in [0.5, 0.6) is 5.75 Å². The van der Waals surface area contributed by atoms with Crippen molar-refractivity contribution < 1.29 is 14.3 Å². The minimum absolute atomic E-state index is 0.140. The normalized spacial score (nSPS) is 11.5. The molecule has 3 rings (SSSR count). The topological polar surface area (TPSA) is 58.6 Å². The van der Waals surface area contributed by atoms with Crippen LogP contribution in [-0.4, -0.2) is 24.5 Å². The van der Waals surface area contributed by atoms with E-state index < -0.39 is 6.10 Å². The first-order chi connectivity index (χ1) is 14.9. The third-order valence-corrected chi connectivity index (χ3v) is 5.43. The molecule has 3 aromatic carbocycles. The monoisotopic (exact) mass is 500 g/mol. The molecular formula is C24H22BrClN2O3. The van der Waals surface area contributed by atoms with Crippen molar-refractivity contribution in [2.45, 2.75) is 20.0 Å². The molecule has 0 aliphatic rings. The number of nitrogens with zero attached hydrogens (tertiary/aromatic N) is 1. The average Bonchev–Trinajstić information content (AvgIpc) is 2.77. The first-order valence-electron chi connectivity index (χ1n) is 9.78. The van der Waals surface area contributed by atoms with Crippen LogP contribution >= 0.6 is 27.5 Å². The van der Waals surface area contributed by atoms with Gasteiger partial charge in [0.1, 0.15) is 5.75 Å². The zero-order valence-corrected chi connectivity index (χ0v) is 19.5. The first-order valence-corrected chi connectivity index (χ1v) is 11.0. The zero-order chi connectivity index (χ0) is 22.4. The molecule has 1 unspecified atom stereocenters. The minimum atomic E-state index is -0.756. The lowest BCUT2D eigenvalue weighted by atomic mass is 10.1. The van der Waals surface area contributed by atoms with E-state index in [4.69, 9.17) is 16.3 Å². The van der Waals surface area contributed by atoms with Crippen molar-refractivity contribution in [3.63, 3.8) is 0 Å².